The van der Waals surface area contributed by atoms with E-state index in [-0.39, 0.29) is 12.5 Å². The highest BCUT2D eigenvalue weighted by Crippen LogP contribution is 2.17. The predicted octanol–water partition coefficient (Wildman–Crippen LogP) is 16.1. The monoisotopic (exact) mass is 832 g/mol. The summed E-state index contributed by atoms with van der Waals surface area (Å²) in [5.74, 6) is -0.142. The minimum Gasteiger partial charge on any atom is -0.394 e. The van der Waals surface area contributed by atoms with Crippen LogP contribution in [-0.4, -0.2) is 46.1 Å². The Labute approximate surface area is 369 Å². The Hall–Kier alpha value is -1.17. The van der Waals surface area contributed by atoms with Crippen molar-refractivity contribution < 1.29 is 20.1 Å². The highest BCUT2D eigenvalue weighted by molar-refractivity contribution is 5.76. The zero-order valence-electron chi connectivity index (χ0n) is 39.9. The number of hydrogen-bond acceptors (Lipinski definition) is 4. The Balaban J connectivity index is 3.45. The van der Waals surface area contributed by atoms with Gasteiger partial charge >= 0.3 is 0 Å². The molecule has 0 aliphatic rings. The first kappa shape index (κ1) is 57.8. The minimum absolute atomic E-state index is 0.142. The lowest BCUT2D eigenvalue weighted by Gasteiger charge is -2.26. The van der Waals surface area contributed by atoms with Gasteiger partial charge in [-0.2, -0.15) is 0 Å². The fourth-order valence-corrected chi connectivity index (χ4v) is 8.43. The molecule has 59 heavy (non-hydrogen) atoms. The van der Waals surface area contributed by atoms with Crippen LogP contribution in [0.3, 0.4) is 0 Å². The molecule has 0 bridgehead atoms. The molecule has 0 heterocycles. The Bertz CT molecular complexity index is 874. The van der Waals surface area contributed by atoms with Gasteiger partial charge in [-0.05, 0) is 44.9 Å². The van der Waals surface area contributed by atoms with E-state index in [1.165, 1.54) is 218 Å². The number of hydrogen-bond donors (Lipinski definition) is 4. The van der Waals surface area contributed by atoms with Crippen molar-refractivity contribution in [3.8, 4) is 0 Å². The Morgan fingerprint density at radius 2 is 0.729 bits per heavy atom. The van der Waals surface area contributed by atoms with Crippen molar-refractivity contribution in [2.45, 2.75) is 308 Å². The fourth-order valence-electron chi connectivity index (χ4n) is 8.43. The molecule has 0 saturated carbocycles. The largest absolute Gasteiger partial charge is 0.394 e. The molecule has 1 amide bonds. The van der Waals surface area contributed by atoms with Gasteiger partial charge in [0.15, 0.2) is 0 Å². The molecule has 0 rings (SSSR count). The molecule has 0 spiro atoms. The van der Waals surface area contributed by atoms with Gasteiger partial charge in [-0.3, -0.25) is 4.79 Å². The molecule has 3 unspecified atom stereocenters. The van der Waals surface area contributed by atoms with Crippen LogP contribution >= 0.6 is 0 Å². The van der Waals surface area contributed by atoms with Gasteiger partial charge in [0.2, 0.25) is 5.91 Å². The van der Waals surface area contributed by atoms with Crippen molar-refractivity contribution in [1.29, 1.82) is 0 Å². The number of rotatable bonds is 49. The van der Waals surface area contributed by atoms with Crippen molar-refractivity contribution in [3.05, 3.63) is 24.3 Å². The third-order valence-electron chi connectivity index (χ3n) is 12.6. The number of carbonyl (C=O) groups excluding carboxylic acids is 1. The first-order chi connectivity index (χ1) is 29.1. The van der Waals surface area contributed by atoms with Gasteiger partial charge in [-0.25, -0.2) is 0 Å². The van der Waals surface area contributed by atoms with Crippen molar-refractivity contribution in [3.63, 3.8) is 0 Å². The molecular formula is C54H105NO4. The van der Waals surface area contributed by atoms with Crippen LogP contribution in [0.25, 0.3) is 0 Å². The fraction of sp³-hybridized carbons (Fsp3) is 0.907. The first-order valence-electron chi connectivity index (χ1n) is 26.6. The second-order valence-electron chi connectivity index (χ2n) is 18.4. The number of allylic oxidation sites excluding steroid dienone is 4. The number of aliphatic hydroxyl groups excluding tert-OH is 3. The van der Waals surface area contributed by atoms with Crippen LogP contribution in [-0.2, 0) is 4.79 Å². The van der Waals surface area contributed by atoms with E-state index in [2.05, 4.69) is 43.5 Å². The van der Waals surface area contributed by atoms with Crippen molar-refractivity contribution in [2.75, 3.05) is 6.61 Å². The summed E-state index contributed by atoms with van der Waals surface area (Å²) in [6.07, 6.45) is 62.0. The lowest BCUT2D eigenvalue weighted by Crippen LogP contribution is -2.50. The topological polar surface area (TPSA) is 89.8 Å². The normalized spacial score (nSPS) is 13.5. The third-order valence-corrected chi connectivity index (χ3v) is 12.6. The first-order valence-corrected chi connectivity index (χ1v) is 26.6. The van der Waals surface area contributed by atoms with Crippen molar-refractivity contribution in [1.82, 2.24) is 5.32 Å². The van der Waals surface area contributed by atoms with Crippen LogP contribution in [0.1, 0.15) is 290 Å². The Morgan fingerprint density at radius 3 is 1.07 bits per heavy atom. The van der Waals surface area contributed by atoms with Crippen LogP contribution in [0.2, 0.25) is 0 Å². The summed E-state index contributed by atoms with van der Waals surface area (Å²) in [6, 6.07) is -0.805. The highest BCUT2D eigenvalue weighted by atomic mass is 16.3. The molecule has 0 aliphatic heterocycles. The van der Waals surface area contributed by atoms with Crippen LogP contribution in [0.4, 0.5) is 0 Å². The van der Waals surface area contributed by atoms with Crippen LogP contribution in [0.5, 0.6) is 0 Å². The average Bonchev–Trinajstić information content (AvgIpc) is 3.24. The smallest absolute Gasteiger partial charge is 0.220 e. The summed E-state index contributed by atoms with van der Waals surface area (Å²) in [5, 5.41) is 33.5. The van der Waals surface area contributed by atoms with Gasteiger partial charge in [0.05, 0.1) is 18.8 Å². The molecule has 0 radical (unpaired) electrons. The second kappa shape index (κ2) is 49.5. The number of nitrogens with one attached hydrogen (secondary N) is 1. The van der Waals surface area contributed by atoms with E-state index >= 15 is 0 Å². The third kappa shape index (κ3) is 44.7. The van der Waals surface area contributed by atoms with Gasteiger partial charge in [0.1, 0.15) is 6.10 Å². The predicted molar refractivity (Wildman–Crippen MR) is 259 cm³/mol. The molecule has 0 saturated heterocycles. The lowest BCUT2D eigenvalue weighted by atomic mass is 9.99. The van der Waals surface area contributed by atoms with Crippen molar-refractivity contribution in [2.24, 2.45) is 0 Å². The maximum absolute atomic E-state index is 12.4. The quantitative estimate of drug-likeness (QED) is 0.0363. The molecule has 4 N–H and O–H groups in total. The van der Waals surface area contributed by atoms with Gasteiger partial charge in [-0.15, -0.1) is 0 Å². The Morgan fingerprint density at radius 1 is 0.424 bits per heavy atom. The van der Waals surface area contributed by atoms with Crippen molar-refractivity contribution >= 4 is 5.91 Å². The zero-order valence-corrected chi connectivity index (χ0v) is 39.9. The van der Waals surface area contributed by atoms with E-state index in [1.54, 1.807) is 0 Å². The molecular weight excluding hydrogens is 727 g/mol. The number of aliphatic hydroxyl groups is 3. The summed E-state index contributed by atoms with van der Waals surface area (Å²) >= 11 is 0. The number of carbonyl (C=O) groups is 1. The lowest BCUT2D eigenvalue weighted by molar-refractivity contribution is -0.124. The number of unbranched alkanes of at least 4 members (excludes halogenated alkanes) is 37. The SMILES string of the molecule is CCCCCCCCCCCCC/C=C\C/C=C\CCCCCCCCCCCCCCCCCCCC(=O)NC(CO)C(O)C(O)CCCCCCCCCCCC. The van der Waals surface area contributed by atoms with Crippen LogP contribution in [0.15, 0.2) is 24.3 Å². The second-order valence-corrected chi connectivity index (χ2v) is 18.4. The van der Waals surface area contributed by atoms with E-state index in [0.717, 1.165) is 44.9 Å². The van der Waals surface area contributed by atoms with E-state index in [0.29, 0.717) is 12.8 Å². The van der Waals surface area contributed by atoms with Gasteiger partial charge in [-0.1, -0.05) is 263 Å². The van der Waals surface area contributed by atoms with E-state index < -0.39 is 18.2 Å². The summed E-state index contributed by atoms with van der Waals surface area (Å²) in [4.78, 5) is 12.4. The molecule has 5 heteroatoms. The maximum Gasteiger partial charge on any atom is 0.220 e. The maximum atomic E-state index is 12.4. The molecule has 0 aromatic heterocycles. The van der Waals surface area contributed by atoms with Gasteiger partial charge in [0.25, 0.3) is 0 Å². The molecule has 0 fully saturated rings. The average molecular weight is 832 g/mol. The molecule has 3 atom stereocenters. The van der Waals surface area contributed by atoms with E-state index in [4.69, 9.17) is 0 Å². The molecule has 0 aromatic carbocycles. The molecule has 5 nitrogen and oxygen atoms in total. The summed E-state index contributed by atoms with van der Waals surface area (Å²) < 4.78 is 0. The van der Waals surface area contributed by atoms with Crippen LogP contribution < -0.4 is 5.32 Å². The summed E-state index contributed by atoms with van der Waals surface area (Å²) in [5.41, 5.74) is 0. The summed E-state index contributed by atoms with van der Waals surface area (Å²) in [7, 11) is 0. The minimum atomic E-state index is -1.13. The van der Waals surface area contributed by atoms with Crippen LogP contribution in [0, 0.1) is 0 Å². The zero-order chi connectivity index (χ0) is 43.0. The Kier molecular flexibility index (Phi) is 48.5. The highest BCUT2D eigenvalue weighted by Gasteiger charge is 2.26. The van der Waals surface area contributed by atoms with Gasteiger partial charge in [0, 0.05) is 6.42 Å². The standard InChI is InChI=1S/C54H105NO4/c1-3-5-7-9-11-13-15-16-17-18-19-20-21-22-23-24-25-26-27-28-29-30-31-32-33-34-35-36-37-38-39-41-43-45-47-49-53(58)55-51(50-56)54(59)52(57)48-46-44-42-40-14-12-10-8-6-4-2/h21-22,24-25,51-52,54,56-57,59H,3-20,23,26-50H2,1-2H3,(H,55,58)/b22-21-,25-24-. The van der Waals surface area contributed by atoms with E-state index in [9.17, 15) is 20.1 Å². The molecule has 0 aromatic rings. The molecule has 350 valence electrons. The van der Waals surface area contributed by atoms with E-state index in [1.807, 2.05) is 0 Å². The summed E-state index contributed by atoms with van der Waals surface area (Å²) in [6.45, 7) is 4.18. The molecule has 0 aliphatic carbocycles. The number of amides is 1. The van der Waals surface area contributed by atoms with Gasteiger partial charge < -0.3 is 20.6 Å².